The van der Waals surface area contributed by atoms with E-state index in [1.807, 2.05) is 0 Å². The Bertz CT molecular complexity index is 1130. The lowest BCUT2D eigenvalue weighted by Gasteiger charge is -2.09. The molecule has 3 aromatic rings. The number of nitro benzene ring substituents is 1. The molecule has 0 fully saturated rings. The van der Waals surface area contributed by atoms with Crippen molar-refractivity contribution in [2.45, 2.75) is 11.3 Å². The fourth-order valence-electron chi connectivity index (χ4n) is 2.48. The van der Waals surface area contributed by atoms with Gasteiger partial charge in [0.1, 0.15) is 0 Å². The molecule has 0 unspecified atom stereocenters. The molecule has 0 saturated heterocycles. The van der Waals surface area contributed by atoms with Gasteiger partial charge in [-0.2, -0.15) is 4.98 Å². The smallest absolute Gasteiger partial charge is 0.270 e. The number of sulfone groups is 1. The third-order valence-corrected chi connectivity index (χ3v) is 5.15. The number of nitrogens with one attached hydrogen (secondary N) is 1. The van der Waals surface area contributed by atoms with Crippen LogP contribution in [0.4, 0.5) is 11.4 Å². The minimum Gasteiger partial charge on any atom is -0.383 e. The topological polar surface area (TPSA) is 128 Å². The molecule has 0 aliphatic heterocycles. The summed E-state index contributed by atoms with van der Waals surface area (Å²) in [4.78, 5) is 14.4. The standard InChI is InChI=1S/C17H15ClN4O5S/c1-28(25,26)15-10-13(22(23)24)5-6-14(15)19-8-7-16-20-17(21-27-16)11-3-2-4-12(18)9-11/h2-6,9-10,19H,7-8H2,1H3. The zero-order valence-corrected chi connectivity index (χ0v) is 16.2. The van der Waals surface area contributed by atoms with Crippen LogP contribution in [-0.2, 0) is 16.3 Å². The predicted molar refractivity (Wildman–Crippen MR) is 103 cm³/mol. The summed E-state index contributed by atoms with van der Waals surface area (Å²) in [6, 6.07) is 10.6. The molecule has 1 heterocycles. The maximum Gasteiger partial charge on any atom is 0.270 e. The number of nitro groups is 1. The van der Waals surface area contributed by atoms with Crippen molar-refractivity contribution in [1.29, 1.82) is 0 Å². The van der Waals surface area contributed by atoms with Crippen molar-refractivity contribution in [1.82, 2.24) is 10.1 Å². The van der Waals surface area contributed by atoms with Crippen LogP contribution in [0.3, 0.4) is 0 Å². The molecule has 0 spiro atoms. The van der Waals surface area contributed by atoms with Crippen LogP contribution in [0.15, 0.2) is 51.9 Å². The van der Waals surface area contributed by atoms with Crippen LogP contribution in [0.2, 0.25) is 5.02 Å². The summed E-state index contributed by atoms with van der Waals surface area (Å²) in [5.41, 5.74) is 0.682. The summed E-state index contributed by atoms with van der Waals surface area (Å²) >= 11 is 5.95. The molecule has 0 amide bonds. The monoisotopic (exact) mass is 422 g/mol. The Morgan fingerprint density at radius 3 is 2.71 bits per heavy atom. The Balaban J connectivity index is 1.71. The Kier molecular flexibility index (Phi) is 5.61. The van der Waals surface area contributed by atoms with Gasteiger partial charge in [0, 0.05) is 41.9 Å². The molecule has 2 aromatic carbocycles. The molecule has 3 rings (SSSR count). The number of halogens is 1. The summed E-state index contributed by atoms with van der Waals surface area (Å²) < 4.78 is 29.1. The van der Waals surface area contributed by atoms with Gasteiger partial charge in [0.25, 0.3) is 5.69 Å². The van der Waals surface area contributed by atoms with Gasteiger partial charge < -0.3 is 9.84 Å². The third-order valence-electron chi connectivity index (χ3n) is 3.78. The van der Waals surface area contributed by atoms with Gasteiger partial charge >= 0.3 is 0 Å². The van der Waals surface area contributed by atoms with Crippen LogP contribution in [0.5, 0.6) is 0 Å². The van der Waals surface area contributed by atoms with E-state index in [1.54, 1.807) is 24.3 Å². The molecule has 0 aliphatic rings. The van der Waals surface area contributed by atoms with E-state index in [4.69, 9.17) is 16.1 Å². The van der Waals surface area contributed by atoms with Gasteiger partial charge in [0.2, 0.25) is 11.7 Å². The lowest BCUT2D eigenvalue weighted by atomic mass is 10.2. The van der Waals surface area contributed by atoms with E-state index >= 15 is 0 Å². The Morgan fingerprint density at radius 2 is 2.04 bits per heavy atom. The van der Waals surface area contributed by atoms with E-state index in [0.717, 1.165) is 12.3 Å². The van der Waals surface area contributed by atoms with E-state index in [-0.39, 0.29) is 22.8 Å². The van der Waals surface area contributed by atoms with E-state index < -0.39 is 14.8 Å². The molecule has 1 aromatic heterocycles. The average Bonchev–Trinajstić information content (AvgIpc) is 3.10. The normalized spacial score (nSPS) is 11.4. The van der Waals surface area contributed by atoms with Crippen LogP contribution >= 0.6 is 11.6 Å². The van der Waals surface area contributed by atoms with Crippen molar-refractivity contribution < 1.29 is 17.9 Å². The van der Waals surface area contributed by atoms with Gasteiger partial charge in [-0.1, -0.05) is 28.9 Å². The summed E-state index contributed by atoms with van der Waals surface area (Å²) in [6.07, 6.45) is 1.32. The van der Waals surface area contributed by atoms with E-state index in [9.17, 15) is 18.5 Å². The molecule has 28 heavy (non-hydrogen) atoms. The minimum atomic E-state index is -3.65. The quantitative estimate of drug-likeness (QED) is 0.453. The average molecular weight is 423 g/mol. The predicted octanol–water partition coefficient (Wildman–Crippen LogP) is 3.36. The van der Waals surface area contributed by atoms with Crippen LogP contribution in [0, 0.1) is 10.1 Å². The Labute approximate surface area is 165 Å². The fourth-order valence-corrected chi connectivity index (χ4v) is 3.55. The van der Waals surface area contributed by atoms with Crippen molar-refractivity contribution in [2.75, 3.05) is 18.1 Å². The third kappa shape index (κ3) is 4.65. The molecular formula is C17H15ClN4O5S. The van der Waals surface area contributed by atoms with Crippen molar-refractivity contribution in [3.8, 4) is 11.4 Å². The highest BCUT2D eigenvalue weighted by Gasteiger charge is 2.18. The van der Waals surface area contributed by atoms with Gasteiger partial charge in [0.05, 0.1) is 15.5 Å². The molecule has 9 nitrogen and oxygen atoms in total. The molecule has 0 saturated carbocycles. The van der Waals surface area contributed by atoms with E-state index in [0.29, 0.717) is 28.7 Å². The molecule has 11 heteroatoms. The van der Waals surface area contributed by atoms with Gasteiger partial charge in [0.15, 0.2) is 9.84 Å². The van der Waals surface area contributed by atoms with Crippen LogP contribution in [0.25, 0.3) is 11.4 Å². The molecule has 0 bridgehead atoms. The minimum absolute atomic E-state index is 0.146. The number of aromatic nitrogens is 2. The zero-order valence-electron chi connectivity index (χ0n) is 14.6. The van der Waals surface area contributed by atoms with Crippen molar-refractivity contribution >= 4 is 32.8 Å². The zero-order chi connectivity index (χ0) is 20.3. The van der Waals surface area contributed by atoms with Crippen molar-refractivity contribution in [2.24, 2.45) is 0 Å². The molecule has 0 atom stereocenters. The largest absolute Gasteiger partial charge is 0.383 e. The number of hydrogen-bond donors (Lipinski definition) is 1. The highest BCUT2D eigenvalue weighted by Crippen LogP contribution is 2.26. The molecule has 146 valence electrons. The maximum absolute atomic E-state index is 11.9. The molecule has 1 N–H and O–H groups in total. The number of non-ortho nitro benzene ring substituents is 1. The Morgan fingerprint density at radius 1 is 1.25 bits per heavy atom. The number of rotatable bonds is 7. The number of benzene rings is 2. The van der Waals surface area contributed by atoms with Crippen LogP contribution in [-0.4, -0.2) is 36.3 Å². The number of nitrogens with zero attached hydrogens (tertiary/aromatic N) is 3. The summed E-state index contributed by atoms with van der Waals surface area (Å²) in [6.45, 7) is 0.289. The van der Waals surface area contributed by atoms with Gasteiger partial charge in [-0.05, 0) is 18.2 Å². The van der Waals surface area contributed by atoms with Crippen molar-refractivity contribution in [3.05, 3.63) is 63.5 Å². The number of anilines is 1. The lowest BCUT2D eigenvalue weighted by molar-refractivity contribution is -0.385. The van der Waals surface area contributed by atoms with Gasteiger partial charge in [-0.15, -0.1) is 0 Å². The van der Waals surface area contributed by atoms with Crippen LogP contribution < -0.4 is 5.32 Å². The molecule has 0 aliphatic carbocycles. The second-order valence-electron chi connectivity index (χ2n) is 5.91. The molecule has 0 radical (unpaired) electrons. The lowest BCUT2D eigenvalue weighted by Crippen LogP contribution is -2.10. The highest BCUT2D eigenvalue weighted by molar-refractivity contribution is 7.90. The summed E-state index contributed by atoms with van der Waals surface area (Å²) in [7, 11) is -3.65. The Hall–Kier alpha value is -2.98. The first kappa shape index (κ1) is 19.8. The maximum atomic E-state index is 11.9. The van der Waals surface area contributed by atoms with E-state index in [1.165, 1.54) is 12.1 Å². The fraction of sp³-hybridized carbons (Fsp3) is 0.176. The van der Waals surface area contributed by atoms with Crippen molar-refractivity contribution in [3.63, 3.8) is 0 Å². The summed E-state index contributed by atoms with van der Waals surface area (Å²) in [5, 5.41) is 18.3. The second kappa shape index (κ2) is 7.95. The second-order valence-corrected chi connectivity index (χ2v) is 8.33. The van der Waals surface area contributed by atoms with E-state index in [2.05, 4.69) is 15.5 Å². The van der Waals surface area contributed by atoms with Gasteiger partial charge in [-0.25, -0.2) is 8.42 Å². The number of hydrogen-bond acceptors (Lipinski definition) is 8. The highest BCUT2D eigenvalue weighted by atomic mass is 35.5. The summed E-state index contributed by atoms with van der Waals surface area (Å²) in [5.74, 6) is 0.745. The first-order chi connectivity index (χ1) is 13.2. The first-order valence-electron chi connectivity index (χ1n) is 8.05. The van der Waals surface area contributed by atoms with Gasteiger partial charge in [-0.3, -0.25) is 10.1 Å². The molecular weight excluding hydrogens is 408 g/mol. The first-order valence-corrected chi connectivity index (χ1v) is 10.3. The van der Waals surface area contributed by atoms with Crippen LogP contribution in [0.1, 0.15) is 5.89 Å². The SMILES string of the molecule is CS(=O)(=O)c1cc([N+](=O)[O-])ccc1NCCc1nc(-c2cccc(Cl)c2)no1.